The van der Waals surface area contributed by atoms with Crippen molar-refractivity contribution in [3.63, 3.8) is 0 Å². The van der Waals surface area contributed by atoms with Crippen molar-refractivity contribution >= 4 is 11.6 Å². The van der Waals surface area contributed by atoms with Crippen molar-refractivity contribution in [2.24, 2.45) is 0 Å². The Morgan fingerprint density at radius 2 is 2.10 bits per heavy atom. The first-order valence-corrected chi connectivity index (χ1v) is 7.97. The van der Waals surface area contributed by atoms with Crippen LogP contribution in [-0.4, -0.2) is 23.9 Å². The van der Waals surface area contributed by atoms with Gasteiger partial charge in [-0.25, -0.2) is 0 Å². The zero-order valence-electron chi connectivity index (χ0n) is 11.7. The first kappa shape index (κ1) is 14.2. The lowest BCUT2D eigenvalue weighted by atomic mass is 10.0. The van der Waals surface area contributed by atoms with Crippen LogP contribution >= 0.6 is 11.6 Å². The van der Waals surface area contributed by atoms with E-state index in [1.165, 1.54) is 18.4 Å². The van der Waals surface area contributed by atoms with Gasteiger partial charge in [-0.05, 0) is 30.5 Å². The van der Waals surface area contributed by atoms with Crippen molar-refractivity contribution in [3.05, 3.63) is 28.3 Å². The molecule has 2 atom stereocenters. The summed E-state index contributed by atoms with van der Waals surface area (Å²) in [5.41, 5.74) is 2.32. The molecule has 0 spiro atoms. The Kier molecular flexibility index (Phi) is 4.49. The summed E-state index contributed by atoms with van der Waals surface area (Å²) in [6, 6.07) is 4.16. The van der Waals surface area contributed by atoms with Gasteiger partial charge in [0.1, 0.15) is 5.75 Å². The third-order valence-electron chi connectivity index (χ3n) is 4.36. The molecule has 0 saturated heterocycles. The van der Waals surface area contributed by atoms with E-state index in [9.17, 15) is 5.11 Å². The predicted octanol–water partition coefficient (Wildman–Crippen LogP) is 3.06. The van der Waals surface area contributed by atoms with Gasteiger partial charge < -0.3 is 15.2 Å². The third-order valence-corrected chi connectivity index (χ3v) is 4.58. The Morgan fingerprint density at radius 1 is 1.25 bits per heavy atom. The van der Waals surface area contributed by atoms with Crippen molar-refractivity contribution in [1.29, 1.82) is 0 Å². The number of ether oxygens (including phenoxy) is 1. The maximum absolute atomic E-state index is 10.2. The minimum absolute atomic E-state index is 0.188. The molecule has 1 aromatic carbocycles. The summed E-state index contributed by atoms with van der Waals surface area (Å²) in [7, 11) is 0. The Morgan fingerprint density at radius 3 is 3.00 bits per heavy atom. The molecular weight excluding hydrogens is 274 g/mol. The van der Waals surface area contributed by atoms with E-state index >= 15 is 0 Å². The number of aliphatic hydroxyl groups is 1. The van der Waals surface area contributed by atoms with Crippen LogP contribution < -0.4 is 10.1 Å². The zero-order valence-corrected chi connectivity index (χ0v) is 12.5. The number of hydrogen-bond donors (Lipinski definition) is 2. The lowest BCUT2D eigenvalue weighted by Gasteiger charge is -2.22. The highest BCUT2D eigenvalue weighted by Crippen LogP contribution is 2.33. The number of rotatable bonds is 3. The molecule has 1 saturated carbocycles. The van der Waals surface area contributed by atoms with Gasteiger partial charge >= 0.3 is 0 Å². The van der Waals surface area contributed by atoms with Gasteiger partial charge in [-0.1, -0.05) is 30.9 Å². The summed E-state index contributed by atoms with van der Waals surface area (Å²) in [6.07, 6.45) is 6.21. The summed E-state index contributed by atoms with van der Waals surface area (Å²) in [6.45, 7) is 1.46. The van der Waals surface area contributed by atoms with Gasteiger partial charge in [-0.2, -0.15) is 0 Å². The normalized spacial score (nSPS) is 25.9. The molecule has 1 fully saturated rings. The van der Waals surface area contributed by atoms with Crippen molar-refractivity contribution in [2.75, 3.05) is 6.61 Å². The highest BCUT2D eigenvalue weighted by atomic mass is 35.5. The van der Waals surface area contributed by atoms with Crippen LogP contribution in [0.4, 0.5) is 0 Å². The molecule has 0 radical (unpaired) electrons. The molecule has 110 valence electrons. The number of halogens is 1. The Bertz CT molecular complexity index is 478. The van der Waals surface area contributed by atoms with E-state index in [4.69, 9.17) is 16.3 Å². The predicted molar refractivity (Wildman–Crippen MR) is 80.4 cm³/mol. The highest BCUT2D eigenvalue weighted by molar-refractivity contribution is 6.30. The maximum Gasteiger partial charge on any atom is 0.127 e. The Balaban J connectivity index is 1.69. The largest absolute Gasteiger partial charge is 0.493 e. The summed E-state index contributed by atoms with van der Waals surface area (Å²) in [5.74, 6) is 0.991. The first-order chi connectivity index (χ1) is 9.74. The van der Waals surface area contributed by atoms with Crippen LogP contribution in [0.5, 0.6) is 5.75 Å². The van der Waals surface area contributed by atoms with E-state index in [0.717, 1.165) is 48.6 Å². The standard InChI is InChI=1S/C16H22ClNO2/c17-13-8-11-6-7-20-16(11)12(9-13)10-18-14-4-2-1-3-5-15(14)19/h8-9,14-15,18-19H,1-7,10H2. The third kappa shape index (κ3) is 3.11. The van der Waals surface area contributed by atoms with Gasteiger partial charge in [0.05, 0.1) is 12.7 Å². The molecule has 1 aliphatic carbocycles. The van der Waals surface area contributed by atoms with E-state index in [1.54, 1.807) is 0 Å². The molecule has 0 amide bonds. The van der Waals surface area contributed by atoms with E-state index in [2.05, 4.69) is 5.32 Å². The van der Waals surface area contributed by atoms with E-state index in [0.29, 0.717) is 6.54 Å². The number of hydrogen-bond acceptors (Lipinski definition) is 3. The fourth-order valence-corrected chi connectivity index (χ4v) is 3.51. The minimum Gasteiger partial charge on any atom is -0.493 e. The van der Waals surface area contributed by atoms with Gasteiger partial charge in [0.15, 0.2) is 0 Å². The molecule has 2 aliphatic rings. The highest BCUT2D eigenvalue weighted by Gasteiger charge is 2.23. The summed E-state index contributed by atoms with van der Waals surface area (Å²) in [4.78, 5) is 0. The van der Waals surface area contributed by atoms with Crippen LogP contribution in [0.15, 0.2) is 12.1 Å². The SMILES string of the molecule is OC1CCCCCC1NCc1cc(Cl)cc2c1OCC2. The summed E-state index contributed by atoms with van der Waals surface area (Å²) >= 11 is 6.17. The summed E-state index contributed by atoms with van der Waals surface area (Å²) < 4.78 is 5.71. The Labute approximate surface area is 125 Å². The molecule has 3 rings (SSSR count). The number of fused-ring (bicyclic) bond motifs is 1. The first-order valence-electron chi connectivity index (χ1n) is 7.59. The van der Waals surface area contributed by atoms with Crippen LogP contribution in [0.3, 0.4) is 0 Å². The minimum atomic E-state index is -0.231. The molecule has 1 aliphatic heterocycles. The topological polar surface area (TPSA) is 41.5 Å². The van der Waals surface area contributed by atoms with E-state index in [1.807, 2.05) is 12.1 Å². The lowest BCUT2D eigenvalue weighted by Crippen LogP contribution is -2.38. The van der Waals surface area contributed by atoms with Gasteiger partial charge in [-0.15, -0.1) is 0 Å². The molecule has 1 heterocycles. The fraction of sp³-hybridized carbons (Fsp3) is 0.625. The second kappa shape index (κ2) is 6.33. The fourth-order valence-electron chi connectivity index (χ4n) is 3.24. The van der Waals surface area contributed by atoms with Gasteiger partial charge in [0.25, 0.3) is 0 Å². The molecule has 4 heteroatoms. The van der Waals surface area contributed by atoms with Crippen molar-refractivity contribution in [1.82, 2.24) is 5.32 Å². The zero-order chi connectivity index (χ0) is 13.9. The molecule has 20 heavy (non-hydrogen) atoms. The second-order valence-corrected chi connectivity index (χ2v) is 6.28. The quantitative estimate of drug-likeness (QED) is 0.842. The average molecular weight is 296 g/mol. The van der Waals surface area contributed by atoms with E-state index in [-0.39, 0.29) is 12.1 Å². The van der Waals surface area contributed by atoms with Gasteiger partial charge in [0, 0.05) is 29.6 Å². The lowest BCUT2D eigenvalue weighted by molar-refractivity contribution is 0.119. The van der Waals surface area contributed by atoms with Crippen LogP contribution in [0.2, 0.25) is 5.02 Å². The van der Waals surface area contributed by atoms with Crippen LogP contribution in [0.25, 0.3) is 0 Å². The van der Waals surface area contributed by atoms with Crippen molar-refractivity contribution in [2.45, 2.75) is 57.2 Å². The Hall–Kier alpha value is -0.770. The maximum atomic E-state index is 10.2. The average Bonchev–Trinajstić information content (AvgIpc) is 2.79. The second-order valence-electron chi connectivity index (χ2n) is 5.84. The molecule has 2 unspecified atom stereocenters. The molecule has 1 aromatic rings. The van der Waals surface area contributed by atoms with Gasteiger partial charge in [0.2, 0.25) is 0 Å². The van der Waals surface area contributed by atoms with Crippen molar-refractivity contribution in [3.8, 4) is 5.75 Å². The van der Waals surface area contributed by atoms with Crippen LogP contribution in [0, 0.1) is 0 Å². The van der Waals surface area contributed by atoms with Crippen LogP contribution in [-0.2, 0) is 13.0 Å². The van der Waals surface area contributed by atoms with Crippen LogP contribution in [0.1, 0.15) is 43.2 Å². The molecule has 2 N–H and O–H groups in total. The number of nitrogens with one attached hydrogen (secondary N) is 1. The number of aliphatic hydroxyl groups excluding tert-OH is 1. The molecule has 3 nitrogen and oxygen atoms in total. The molecule has 0 bridgehead atoms. The van der Waals surface area contributed by atoms with E-state index < -0.39 is 0 Å². The summed E-state index contributed by atoms with van der Waals surface area (Å²) in [5, 5.41) is 14.4. The smallest absolute Gasteiger partial charge is 0.127 e. The molecular formula is C16H22ClNO2. The number of benzene rings is 1. The van der Waals surface area contributed by atoms with Gasteiger partial charge in [-0.3, -0.25) is 0 Å². The molecule has 0 aromatic heterocycles. The monoisotopic (exact) mass is 295 g/mol. The van der Waals surface area contributed by atoms with Crippen molar-refractivity contribution < 1.29 is 9.84 Å².